The maximum absolute atomic E-state index is 13.9. The molecule has 2 amide bonds. The van der Waals surface area contributed by atoms with Crippen LogP contribution >= 0.6 is 0 Å². The van der Waals surface area contributed by atoms with E-state index in [1.807, 2.05) is 0 Å². The van der Waals surface area contributed by atoms with E-state index in [9.17, 15) is 14.0 Å². The minimum absolute atomic E-state index is 0.0805. The van der Waals surface area contributed by atoms with Gasteiger partial charge in [-0.3, -0.25) is 4.79 Å². The van der Waals surface area contributed by atoms with E-state index < -0.39 is 23.4 Å². The minimum atomic E-state index is -0.571. The van der Waals surface area contributed by atoms with Gasteiger partial charge in [0.05, 0.1) is 12.2 Å². The Morgan fingerprint density at radius 2 is 2.00 bits per heavy atom. The lowest BCUT2D eigenvalue weighted by Gasteiger charge is -2.22. The zero-order valence-corrected chi connectivity index (χ0v) is 13.9. The first-order valence-corrected chi connectivity index (χ1v) is 7.38. The molecule has 0 aliphatic heterocycles. The summed E-state index contributed by atoms with van der Waals surface area (Å²) in [6, 6.07) is 4.24. The third kappa shape index (κ3) is 7.10. The molecule has 1 rings (SSSR count). The molecule has 0 aromatic heterocycles. The van der Waals surface area contributed by atoms with Gasteiger partial charge in [-0.05, 0) is 51.8 Å². The number of ether oxygens (including phenoxy) is 1. The molecular formula is C16H24FN3O3. The number of rotatable bonds is 5. The summed E-state index contributed by atoms with van der Waals surface area (Å²) in [5, 5.41) is 5.06. The lowest BCUT2D eigenvalue weighted by atomic mass is 10.1. The highest BCUT2D eigenvalue weighted by molar-refractivity contribution is 5.92. The smallest absolute Gasteiger partial charge is 0.407 e. The Morgan fingerprint density at radius 1 is 1.35 bits per heavy atom. The van der Waals surface area contributed by atoms with Crippen LogP contribution in [-0.4, -0.2) is 30.2 Å². The maximum atomic E-state index is 13.9. The van der Waals surface area contributed by atoms with Gasteiger partial charge in [-0.1, -0.05) is 6.07 Å². The molecule has 0 aliphatic carbocycles. The largest absolute Gasteiger partial charge is 0.444 e. The number of carbonyl (C=O) groups is 2. The van der Waals surface area contributed by atoms with Crippen LogP contribution in [0.1, 0.15) is 33.3 Å². The van der Waals surface area contributed by atoms with Crippen LogP contribution in [-0.2, 0) is 16.0 Å². The summed E-state index contributed by atoms with van der Waals surface area (Å²) in [6.45, 7) is 6.92. The van der Waals surface area contributed by atoms with E-state index in [4.69, 9.17) is 10.5 Å². The zero-order valence-electron chi connectivity index (χ0n) is 13.9. The molecule has 128 valence electrons. The van der Waals surface area contributed by atoms with E-state index in [0.717, 1.165) is 0 Å². The van der Waals surface area contributed by atoms with Crippen molar-refractivity contribution in [1.29, 1.82) is 0 Å². The molecule has 0 aliphatic rings. The topological polar surface area (TPSA) is 93.5 Å². The van der Waals surface area contributed by atoms with Crippen LogP contribution in [0, 0.1) is 5.82 Å². The van der Waals surface area contributed by atoms with Crippen LogP contribution in [0.15, 0.2) is 18.2 Å². The summed E-state index contributed by atoms with van der Waals surface area (Å²) >= 11 is 0. The van der Waals surface area contributed by atoms with Crippen molar-refractivity contribution in [2.75, 3.05) is 11.9 Å². The Labute approximate surface area is 135 Å². The molecule has 0 saturated heterocycles. The maximum Gasteiger partial charge on any atom is 0.407 e. The average Bonchev–Trinajstić information content (AvgIpc) is 2.39. The number of nitrogens with two attached hydrogens (primary N) is 1. The third-order valence-corrected chi connectivity index (χ3v) is 2.80. The van der Waals surface area contributed by atoms with Crippen molar-refractivity contribution in [1.82, 2.24) is 5.32 Å². The van der Waals surface area contributed by atoms with Gasteiger partial charge in [0.1, 0.15) is 11.4 Å². The highest BCUT2D eigenvalue weighted by Gasteiger charge is 2.18. The van der Waals surface area contributed by atoms with E-state index in [0.29, 0.717) is 12.0 Å². The van der Waals surface area contributed by atoms with Gasteiger partial charge in [-0.15, -0.1) is 0 Å². The number of nitrogens with one attached hydrogen (secondary N) is 2. The van der Waals surface area contributed by atoms with Crippen LogP contribution in [0.25, 0.3) is 0 Å². The molecule has 0 fully saturated rings. The minimum Gasteiger partial charge on any atom is -0.444 e. The predicted molar refractivity (Wildman–Crippen MR) is 86.6 cm³/mol. The van der Waals surface area contributed by atoms with E-state index >= 15 is 0 Å². The van der Waals surface area contributed by atoms with Gasteiger partial charge < -0.3 is 21.1 Å². The van der Waals surface area contributed by atoms with Gasteiger partial charge >= 0.3 is 6.09 Å². The summed E-state index contributed by atoms with van der Waals surface area (Å²) < 4.78 is 19.1. The molecule has 0 radical (unpaired) electrons. The summed E-state index contributed by atoms with van der Waals surface area (Å²) in [5.41, 5.74) is 5.37. The molecule has 0 heterocycles. The fourth-order valence-corrected chi connectivity index (χ4v) is 1.90. The van der Waals surface area contributed by atoms with Gasteiger partial charge in [0.25, 0.3) is 0 Å². The van der Waals surface area contributed by atoms with Crippen LogP contribution in [0.2, 0.25) is 0 Å². The second-order valence-corrected chi connectivity index (χ2v) is 6.32. The molecule has 23 heavy (non-hydrogen) atoms. The molecule has 0 saturated carbocycles. The van der Waals surface area contributed by atoms with Crippen LogP contribution in [0.4, 0.5) is 14.9 Å². The quantitative estimate of drug-likeness (QED) is 0.773. The van der Waals surface area contributed by atoms with E-state index in [1.165, 1.54) is 12.1 Å². The van der Waals surface area contributed by atoms with Crippen molar-refractivity contribution >= 4 is 17.7 Å². The lowest BCUT2D eigenvalue weighted by molar-refractivity contribution is -0.114. The second kappa shape index (κ2) is 7.92. The summed E-state index contributed by atoms with van der Waals surface area (Å²) in [7, 11) is 0. The third-order valence-electron chi connectivity index (χ3n) is 2.80. The Balaban J connectivity index is 2.62. The number of hydrogen-bond acceptors (Lipinski definition) is 4. The Morgan fingerprint density at radius 3 is 2.52 bits per heavy atom. The molecule has 1 aromatic carbocycles. The van der Waals surface area contributed by atoms with Crippen molar-refractivity contribution in [2.24, 2.45) is 5.73 Å². The van der Waals surface area contributed by atoms with E-state index in [-0.39, 0.29) is 18.3 Å². The van der Waals surface area contributed by atoms with Gasteiger partial charge in [-0.25, -0.2) is 9.18 Å². The summed E-state index contributed by atoms with van der Waals surface area (Å²) in [5.74, 6) is -1.01. The van der Waals surface area contributed by atoms with E-state index in [2.05, 4.69) is 10.6 Å². The van der Waals surface area contributed by atoms with Crippen molar-refractivity contribution in [3.63, 3.8) is 0 Å². The molecule has 0 spiro atoms. The summed E-state index contributed by atoms with van der Waals surface area (Å²) in [6.07, 6.45) is -0.0846. The first kappa shape index (κ1) is 18.9. The first-order chi connectivity index (χ1) is 10.6. The van der Waals surface area contributed by atoms with Crippen molar-refractivity contribution in [2.45, 2.75) is 45.8 Å². The monoisotopic (exact) mass is 325 g/mol. The number of anilines is 1. The molecule has 1 unspecified atom stereocenters. The Kier molecular flexibility index (Phi) is 6.50. The number of benzene rings is 1. The van der Waals surface area contributed by atoms with Gasteiger partial charge in [0.15, 0.2) is 0 Å². The average molecular weight is 325 g/mol. The lowest BCUT2D eigenvalue weighted by Crippen LogP contribution is -2.38. The number of hydrogen-bond donors (Lipinski definition) is 3. The molecule has 7 heteroatoms. The van der Waals surface area contributed by atoms with Crippen LogP contribution in [0.5, 0.6) is 0 Å². The summed E-state index contributed by atoms with van der Waals surface area (Å²) in [4.78, 5) is 22.8. The van der Waals surface area contributed by atoms with Gasteiger partial charge in [0, 0.05) is 6.04 Å². The molecule has 0 bridgehead atoms. The second-order valence-electron chi connectivity index (χ2n) is 6.32. The Hall–Kier alpha value is -2.15. The molecule has 6 nitrogen and oxygen atoms in total. The standard InChI is InChI=1S/C16H24FN3O3/c1-10(19-15(22)23-16(2,3)4)7-11-5-6-13(12(17)8-11)20-14(21)9-18/h5-6,8,10H,7,9,18H2,1-4H3,(H,19,22)(H,20,21). The van der Waals surface area contributed by atoms with Gasteiger partial charge in [0.2, 0.25) is 5.91 Å². The van der Waals surface area contributed by atoms with Crippen LogP contribution in [0.3, 0.4) is 0 Å². The van der Waals surface area contributed by atoms with Gasteiger partial charge in [-0.2, -0.15) is 0 Å². The number of alkyl carbamates (subject to hydrolysis) is 1. The fourth-order valence-electron chi connectivity index (χ4n) is 1.90. The fraction of sp³-hybridized carbons (Fsp3) is 0.500. The highest BCUT2D eigenvalue weighted by atomic mass is 19.1. The van der Waals surface area contributed by atoms with E-state index in [1.54, 1.807) is 33.8 Å². The van der Waals surface area contributed by atoms with Crippen molar-refractivity contribution in [3.05, 3.63) is 29.6 Å². The van der Waals surface area contributed by atoms with Crippen LogP contribution < -0.4 is 16.4 Å². The molecular weight excluding hydrogens is 301 g/mol. The zero-order chi connectivity index (χ0) is 17.6. The highest BCUT2D eigenvalue weighted by Crippen LogP contribution is 2.17. The first-order valence-electron chi connectivity index (χ1n) is 7.38. The number of halogens is 1. The van der Waals surface area contributed by atoms with Crippen molar-refractivity contribution < 1.29 is 18.7 Å². The normalized spacial score (nSPS) is 12.4. The predicted octanol–water partition coefficient (Wildman–Crippen LogP) is 2.18. The molecule has 1 aromatic rings. The Bertz CT molecular complexity index is 570. The molecule has 4 N–H and O–H groups in total. The van der Waals surface area contributed by atoms with Crippen molar-refractivity contribution in [3.8, 4) is 0 Å². The number of amides is 2. The SMILES string of the molecule is CC(Cc1ccc(NC(=O)CN)c(F)c1)NC(=O)OC(C)(C)C. The molecule has 1 atom stereocenters. The number of carbonyl (C=O) groups excluding carboxylic acids is 2.